The Hall–Kier alpha value is -3.81. The van der Waals surface area contributed by atoms with Crippen LogP contribution in [0.1, 0.15) is 17.5 Å². The van der Waals surface area contributed by atoms with Crippen molar-refractivity contribution in [3.8, 4) is 5.75 Å². The Bertz CT molecular complexity index is 1120. The summed E-state index contributed by atoms with van der Waals surface area (Å²) in [7, 11) is 0. The molecule has 0 saturated heterocycles. The number of para-hydroxylation sites is 1. The van der Waals surface area contributed by atoms with Crippen molar-refractivity contribution < 1.29 is 24.2 Å². The number of aromatic amines is 1. The van der Waals surface area contributed by atoms with Crippen LogP contribution in [0, 0.1) is 0 Å². The number of carboxylic acids is 1. The summed E-state index contributed by atoms with van der Waals surface area (Å²) in [5.74, 6) is -1.29. The van der Waals surface area contributed by atoms with Gasteiger partial charge in [0.15, 0.2) is 6.61 Å². The number of carboxylic acid groups (broad SMARTS) is 1. The van der Waals surface area contributed by atoms with E-state index in [1.807, 2.05) is 30.3 Å². The lowest BCUT2D eigenvalue weighted by molar-refractivity contribution is -0.142. The van der Waals surface area contributed by atoms with Crippen LogP contribution in [0.3, 0.4) is 0 Å². The number of nitrogens with one attached hydrogen (secondary N) is 3. The molecule has 2 heterocycles. The molecule has 2 aromatic carbocycles. The standard InChI is InChI=1S/C22H21N3O5/c26-20-8-6-13-5-7-15(10-18(13)24-20)30-12-21(27)25-19(22(28)29)9-14-11-23-17-4-2-1-3-16(14)17/h1-5,7,10-11,19,23H,6,8-9,12H2,(H,24,26)(H,25,27)(H,28,29)/t19-/m0/s1. The first-order chi connectivity index (χ1) is 14.5. The normalized spacial score (nSPS) is 13.9. The van der Waals surface area contributed by atoms with Crippen LogP contribution in [0.15, 0.2) is 48.7 Å². The lowest BCUT2D eigenvalue weighted by atomic mass is 10.0. The molecule has 4 N–H and O–H groups in total. The number of carbonyl (C=O) groups excluding carboxylic acids is 2. The molecular formula is C22H21N3O5. The van der Waals surface area contributed by atoms with Gasteiger partial charge in [-0.3, -0.25) is 9.59 Å². The van der Waals surface area contributed by atoms with E-state index in [1.54, 1.807) is 18.3 Å². The van der Waals surface area contributed by atoms with Gasteiger partial charge in [0, 0.05) is 41.7 Å². The maximum atomic E-state index is 12.3. The maximum absolute atomic E-state index is 12.3. The predicted octanol–water partition coefficient (Wildman–Crippen LogP) is 2.24. The zero-order valence-electron chi connectivity index (χ0n) is 16.1. The Labute approximate surface area is 172 Å². The number of carbonyl (C=O) groups is 3. The summed E-state index contributed by atoms with van der Waals surface area (Å²) in [4.78, 5) is 38.6. The number of aliphatic carboxylic acids is 1. The van der Waals surface area contributed by atoms with Crippen molar-refractivity contribution in [2.75, 3.05) is 11.9 Å². The first-order valence-corrected chi connectivity index (χ1v) is 9.62. The molecule has 154 valence electrons. The Morgan fingerprint density at radius 3 is 2.83 bits per heavy atom. The van der Waals surface area contributed by atoms with E-state index in [0.29, 0.717) is 24.3 Å². The van der Waals surface area contributed by atoms with Crippen molar-refractivity contribution in [1.29, 1.82) is 0 Å². The minimum absolute atomic E-state index is 0.0565. The molecule has 30 heavy (non-hydrogen) atoms. The number of aromatic nitrogens is 1. The fraction of sp³-hybridized carbons (Fsp3) is 0.227. The second-order valence-electron chi connectivity index (χ2n) is 7.18. The first-order valence-electron chi connectivity index (χ1n) is 9.62. The molecular weight excluding hydrogens is 386 g/mol. The van der Waals surface area contributed by atoms with Crippen LogP contribution in [0.25, 0.3) is 10.9 Å². The van der Waals surface area contributed by atoms with Gasteiger partial charge in [-0.2, -0.15) is 0 Å². The third-order valence-electron chi connectivity index (χ3n) is 5.08. The molecule has 0 spiro atoms. The number of aryl methyl sites for hydroxylation is 1. The summed E-state index contributed by atoms with van der Waals surface area (Å²) in [5.41, 5.74) is 3.40. The summed E-state index contributed by atoms with van der Waals surface area (Å²) in [6, 6.07) is 11.7. The molecule has 1 atom stereocenters. The molecule has 4 rings (SSSR count). The molecule has 0 unspecified atom stereocenters. The number of rotatable bonds is 7. The lowest BCUT2D eigenvalue weighted by Gasteiger charge is -2.18. The number of anilines is 1. The molecule has 0 saturated carbocycles. The molecule has 1 aromatic heterocycles. The summed E-state index contributed by atoms with van der Waals surface area (Å²) in [5, 5.41) is 15.7. The topological polar surface area (TPSA) is 121 Å². The quantitative estimate of drug-likeness (QED) is 0.479. The van der Waals surface area contributed by atoms with E-state index in [4.69, 9.17) is 4.74 Å². The van der Waals surface area contributed by atoms with Crippen LogP contribution in [-0.2, 0) is 27.2 Å². The highest BCUT2D eigenvalue weighted by Crippen LogP contribution is 2.27. The molecule has 1 aliphatic heterocycles. The zero-order chi connectivity index (χ0) is 21.1. The minimum atomic E-state index is -1.12. The van der Waals surface area contributed by atoms with Gasteiger partial charge in [-0.15, -0.1) is 0 Å². The van der Waals surface area contributed by atoms with E-state index in [0.717, 1.165) is 22.0 Å². The number of ether oxygens (including phenoxy) is 1. The second kappa shape index (κ2) is 8.28. The first kappa shape index (κ1) is 19.5. The molecule has 2 amide bonds. The van der Waals surface area contributed by atoms with Crippen LogP contribution < -0.4 is 15.4 Å². The van der Waals surface area contributed by atoms with Crippen LogP contribution in [0.4, 0.5) is 5.69 Å². The van der Waals surface area contributed by atoms with Gasteiger partial charge in [-0.1, -0.05) is 24.3 Å². The molecule has 0 radical (unpaired) electrons. The number of fused-ring (bicyclic) bond motifs is 2. The highest BCUT2D eigenvalue weighted by atomic mass is 16.5. The van der Waals surface area contributed by atoms with Gasteiger partial charge in [-0.05, 0) is 29.7 Å². The maximum Gasteiger partial charge on any atom is 0.326 e. The minimum Gasteiger partial charge on any atom is -0.484 e. The molecule has 8 heteroatoms. The van der Waals surface area contributed by atoms with E-state index in [-0.39, 0.29) is 18.9 Å². The van der Waals surface area contributed by atoms with Gasteiger partial charge < -0.3 is 25.5 Å². The number of H-pyrrole nitrogens is 1. The van der Waals surface area contributed by atoms with Crippen molar-refractivity contribution in [1.82, 2.24) is 10.3 Å². The lowest BCUT2D eigenvalue weighted by Crippen LogP contribution is -2.44. The highest BCUT2D eigenvalue weighted by molar-refractivity contribution is 5.94. The molecule has 0 fully saturated rings. The van der Waals surface area contributed by atoms with Crippen LogP contribution in [0.2, 0.25) is 0 Å². The summed E-state index contributed by atoms with van der Waals surface area (Å²) in [6.45, 7) is -0.329. The van der Waals surface area contributed by atoms with Crippen LogP contribution >= 0.6 is 0 Å². The number of benzene rings is 2. The van der Waals surface area contributed by atoms with Gasteiger partial charge in [0.1, 0.15) is 11.8 Å². The molecule has 8 nitrogen and oxygen atoms in total. The fourth-order valence-corrected chi connectivity index (χ4v) is 3.55. The van der Waals surface area contributed by atoms with E-state index in [9.17, 15) is 19.5 Å². The Kier molecular flexibility index (Phi) is 5.38. The van der Waals surface area contributed by atoms with Crippen molar-refractivity contribution in [2.45, 2.75) is 25.3 Å². The van der Waals surface area contributed by atoms with E-state index in [2.05, 4.69) is 15.6 Å². The van der Waals surface area contributed by atoms with Gasteiger partial charge in [0.05, 0.1) is 0 Å². The van der Waals surface area contributed by atoms with Gasteiger partial charge >= 0.3 is 5.97 Å². The second-order valence-corrected chi connectivity index (χ2v) is 7.18. The molecule has 0 bridgehead atoms. The third kappa shape index (κ3) is 4.27. The van der Waals surface area contributed by atoms with E-state index in [1.165, 1.54) is 0 Å². The SMILES string of the molecule is O=C1CCc2ccc(OCC(=O)N[C@@H](Cc3c[nH]c4ccccc34)C(=O)O)cc2N1. The predicted molar refractivity (Wildman–Crippen MR) is 110 cm³/mol. The number of amides is 2. The average Bonchev–Trinajstić information content (AvgIpc) is 3.14. The van der Waals surface area contributed by atoms with Crippen LogP contribution in [0.5, 0.6) is 5.75 Å². The zero-order valence-corrected chi connectivity index (χ0v) is 16.1. The average molecular weight is 407 g/mol. The fourth-order valence-electron chi connectivity index (χ4n) is 3.55. The van der Waals surface area contributed by atoms with Gasteiger partial charge in [-0.25, -0.2) is 4.79 Å². The summed E-state index contributed by atoms with van der Waals surface area (Å²) >= 11 is 0. The summed E-state index contributed by atoms with van der Waals surface area (Å²) < 4.78 is 5.49. The van der Waals surface area contributed by atoms with Crippen molar-refractivity contribution in [2.24, 2.45) is 0 Å². The van der Waals surface area contributed by atoms with Crippen molar-refractivity contribution >= 4 is 34.4 Å². The molecule has 3 aromatic rings. The monoisotopic (exact) mass is 407 g/mol. The van der Waals surface area contributed by atoms with Crippen LogP contribution in [-0.4, -0.2) is 40.5 Å². The van der Waals surface area contributed by atoms with Crippen molar-refractivity contribution in [3.63, 3.8) is 0 Å². The Morgan fingerprint density at radius 1 is 1.17 bits per heavy atom. The number of hydrogen-bond donors (Lipinski definition) is 4. The molecule has 0 aliphatic carbocycles. The Morgan fingerprint density at radius 2 is 2.00 bits per heavy atom. The third-order valence-corrected chi connectivity index (χ3v) is 5.08. The van der Waals surface area contributed by atoms with E-state index >= 15 is 0 Å². The van der Waals surface area contributed by atoms with Gasteiger partial charge in [0.2, 0.25) is 5.91 Å². The van der Waals surface area contributed by atoms with Gasteiger partial charge in [0.25, 0.3) is 5.91 Å². The van der Waals surface area contributed by atoms with Crippen molar-refractivity contribution in [3.05, 3.63) is 59.8 Å². The highest BCUT2D eigenvalue weighted by Gasteiger charge is 2.22. The number of hydrogen-bond acceptors (Lipinski definition) is 4. The van der Waals surface area contributed by atoms with E-state index < -0.39 is 17.9 Å². The Balaban J connectivity index is 1.37. The molecule has 1 aliphatic rings. The smallest absolute Gasteiger partial charge is 0.326 e. The largest absolute Gasteiger partial charge is 0.484 e. The summed E-state index contributed by atoms with van der Waals surface area (Å²) in [6.07, 6.45) is 3.01.